The van der Waals surface area contributed by atoms with Crippen molar-refractivity contribution in [3.63, 3.8) is 0 Å². The molecule has 0 amide bonds. The highest BCUT2D eigenvalue weighted by atomic mass is 16.5. The minimum Gasteiger partial charge on any atom is -0.491 e. The van der Waals surface area contributed by atoms with E-state index in [2.05, 4.69) is 26.0 Å². The highest BCUT2D eigenvalue weighted by Crippen LogP contribution is 2.14. The Labute approximate surface area is 137 Å². The molecule has 0 heterocycles. The fourth-order valence-corrected chi connectivity index (χ4v) is 2.09. The highest BCUT2D eigenvalue weighted by Gasteiger charge is 2.02. The maximum Gasteiger partial charge on any atom is 0.185 e. The Bertz CT molecular complexity index is 685. The third kappa shape index (κ3) is 5.08. The van der Waals surface area contributed by atoms with Crippen LogP contribution in [0.4, 0.5) is 0 Å². The molecule has 0 bridgehead atoms. The topological polar surface area (TPSA) is 35.5 Å². The molecular formula is C20H22O3. The third-order valence-corrected chi connectivity index (χ3v) is 3.65. The Balaban J connectivity index is 1.99. The van der Waals surface area contributed by atoms with Gasteiger partial charge in [0.05, 0.1) is 6.61 Å². The first kappa shape index (κ1) is 17.0. The van der Waals surface area contributed by atoms with E-state index >= 15 is 0 Å². The van der Waals surface area contributed by atoms with Crippen LogP contribution < -0.4 is 4.74 Å². The molecule has 3 nitrogen and oxygen atoms in total. The lowest BCUT2D eigenvalue weighted by molar-refractivity contribution is 0.104. The van der Waals surface area contributed by atoms with E-state index in [0.717, 1.165) is 11.3 Å². The molecule has 0 unspecified atom stereocenters. The molecule has 0 aromatic heterocycles. The predicted molar refractivity (Wildman–Crippen MR) is 93.1 cm³/mol. The van der Waals surface area contributed by atoms with Crippen LogP contribution in [0.25, 0.3) is 6.08 Å². The Morgan fingerprint density at radius 3 is 2.39 bits per heavy atom. The first-order chi connectivity index (χ1) is 11.1. The van der Waals surface area contributed by atoms with Gasteiger partial charge in [-0.15, -0.1) is 0 Å². The molecule has 0 N–H and O–H groups in total. The molecule has 0 saturated heterocycles. The van der Waals surface area contributed by atoms with Gasteiger partial charge in [0.1, 0.15) is 12.4 Å². The zero-order valence-corrected chi connectivity index (χ0v) is 13.8. The summed E-state index contributed by atoms with van der Waals surface area (Å²) in [6.45, 7) is 5.18. The van der Waals surface area contributed by atoms with Gasteiger partial charge in [0.15, 0.2) is 5.78 Å². The van der Waals surface area contributed by atoms with Crippen LogP contribution in [0.15, 0.2) is 48.5 Å². The van der Waals surface area contributed by atoms with Crippen LogP contribution in [0.3, 0.4) is 0 Å². The number of allylic oxidation sites excluding steroid dienone is 1. The number of ether oxygens (including phenoxy) is 2. The molecule has 0 radical (unpaired) electrons. The Kier molecular flexibility index (Phi) is 6.12. The summed E-state index contributed by atoms with van der Waals surface area (Å²) in [7, 11) is 1.63. The highest BCUT2D eigenvalue weighted by molar-refractivity contribution is 6.06. The second-order valence-electron chi connectivity index (χ2n) is 5.41. The molecule has 0 spiro atoms. The van der Waals surface area contributed by atoms with Crippen molar-refractivity contribution in [1.29, 1.82) is 0 Å². The summed E-state index contributed by atoms with van der Waals surface area (Å²) >= 11 is 0. The lowest BCUT2D eigenvalue weighted by Gasteiger charge is -2.05. The van der Waals surface area contributed by atoms with Gasteiger partial charge in [0.2, 0.25) is 0 Å². The second kappa shape index (κ2) is 8.30. The van der Waals surface area contributed by atoms with Gasteiger partial charge in [0, 0.05) is 12.7 Å². The summed E-state index contributed by atoms with van der Waals surface area (Å²) in [5, 5.41) is 0. The normalized spacial score (nSPS) is 10.9. The van der Waals surface area contributed by atoms with E-state index in [1.807, 2.05) is 12.1 Å². The number of benzene rings is 2. The number of hydrogen-bond donors (Lipinski definition) is 0. The van der Waals surface area contributed by atoms with Crippen molar-refractivity contribution in [3.05, 3.63) is 70.8 Å². The molecule has 0 aliphatic rings. The summed E-state index contributed by atoms with van der Waals surface area (Å²) in [4.78, 5) is 12.2. The van der Waals surface area contributed by atoms with E-state index in [1.165, 1.54) is 11.1 Å². The minimum atomic E-state index is -0.0216. The van der Waals surface area contributed by atoms with Crippen LogP contribution in [0, 0.1) is 13.8 Å². The van der Waals surface area contributed by atoms with Gasteiger partial charge in [-0.25, -0.2) is 0 Å². The Morgan fingerprint density at radius 2 is 1.74 bits per heavy atom. The summed E-state index contributed by atoms with van der Waals surface area (Å²) < 4.78 is 10.4. The number of ketones is 1. The zero-order valence-electron chi connectivity index (χ0n) is 13.8. The minimum absolute atomic E-state index is 0.0216. The van der Waals surface area contributed by atoms with Crippen LogP contribution in [0.5, 0.6) is 5.75 Å². The van der Waals surface area contributed by atoms with Crippen molar-refractivity contribution in [2.75, 3.05) is 20.3 Å². The lowest BCUT2D eigenvalue weighted by Crippen LogP contribution is -2.04. The number of aryl methyl sites for hydroxylation is 2. The summed E-state index contributed by atoms with van der Waals surface area (Å²) in [6, 6.07) is 13.3. The van der Waals surface area contributed by atoms with Gasteiger partial charge in [-0.3, -0.25) is 4.79 Å². The van der Waals surface area contributed by atoms with Crippen LogP contribution >= 0.6 is 0 Å². The van der Waals surface area contributed by atoms with E-state index in [-0.39, 0.29) is 5.78 Å². The zero-order chi connectivity index (χ0) is 16.7. The maximum absolute atomic E-state index is 12.2. The van der Waals surface area contributed by atoms with Crippen LogP contribution in [0.2, 0.25) is 0 Å². The molecular weight excluding hydrogens is 288 g/mol. The monoisotopic (exact) mass is 310 g/mol. The average molecular weight is 310 g/mol. The van der Waals surface area contributed by atoms with Gasteiger partial charge in [-0.1, -0.05) is 24.3 Å². The Hall–Kier alpha value is -2.39. The second-order valence-corrected chi connectivity index (χ2v) is 5.41. The molecule has 2 aromatic carbocycles. The van der Waals surface area contributed by atoms with E-state index in [1.54, 1.807) is 37.5 Å². The average Bonchev–Trinajstić information content (AvgIpc) is 2.56. The molecule has 3 heteroatoms. The first-order valence-electron chi connectivity index (χ1n) is 7.61. The van der Waals surface area contributed by atoms with Gasteiger partial charge in [-0.05, 0) is 60.9 Å². The van der Waals surface area contributed by atoms with Crippen molar-refractivity contribution < 1.29 is 14.3 Å². The van der Waals surface area contributed by atoms with Crippen LogP contribution in [-0.2, 0) is 4.74 Å². The van der Waals surface area contributed by atoms with Crippen molar-refractivity contribution in [2.24, 2.45) is 0 Å². The van der Waals surface area contributed by atoms with Gasteiger partial charge < -0.3 is 9.47 Å². The maximum atomic E-state index is 12.2. The van der Waals surface area contributed by atoms with E-state index in [4.69, 9.17) is 9.47 Å². The van der Waals surface area contributed by atoms with Crippen molar-refractivity contribution >= 4 is 11.9 Å². The van der Waals surface area contributed by atoms with Crippen molar-refractivity contribution in [2.45, 2.75) is 13.8 Å². The molecule has 2 rings (SSSR count). The fraction of sp³-hybridized carbons (Fsp3) is 0.250. The van der Waals surface area contributed by atoms with E-state index < -0.39 is 0 Å². The number of rotatable bonds is 7. The molecule has 0 aliphatic carbocycles. The molecule has 23 heavy (non-hydrogen) atoms. The van der Waals surface area contributed by atoms with Crippen LogP contribution in [-0.4, -0.2) is 26.1 Å². The van der Waals surface area contributed by atoms with Gasteiger partial charge in [-0.2, -0.15) is 0 Å². The van der Waals surface area contributed by atoms with Gasteiger partial charge >= 0.3 is 0 Å². The standard InChI is InChI=1S/C20H22O3/c1-15-4-5-17(14-16(15)2)6-11-20(21)18-7-9-19(10-8-18)23-13-12-22-3/h4-11,14H,12-13H2,1-3H3/b11-6+. The third-order valence-electron chi connectivity index (χ3n) is 3.65. The molecule has 0 aliphatic heterocycles. The van der Waals surface area contributed by atoms with E-state index in [0.29, 0.717) is 18.8 Å². The lowest BCUT2D eigenvalue weighted by atomic mass is 10.0. The Morgan fingerprint density at radius 1 is 1.00 bits per heavy atom. The summed E-state index contributed by atoms with van der Waals surface area (Å²) in [5.74, 6) is 0.711. The quantitative estimate of drug-likeness (QED) is 0.436. The molecule has 120 valence electrons. The number of hydrogen-bond acceptors (Lipinski definition) is 3. The van der Waals surface area contributed by atoms with Crippen molar-refractivity contribution in [3.8, 4) is 5.75 Å². The number of methoxy groups -OCH3 is 1. The molecule has 0 atom stereocenters. The smallest absolute Gasteiger partial charge is 0.185 e. The fourth-order valence-electron chi connectivity index (χ4n) is 2.09. The van der Waals surface area contributed by atoms with Crippen LogP contribution in [0.1, 0.15) is 27.0 Å². The molecule has 0 saturated carbocycles. The SMILES string of the molecule is COCCOc1ccc(C(=O)/C=C/c2ccc(C)c(C)c2)cc1. The number of carbonyl (C=O) groups excluding carboxylic acids is 1. The van der Waals surface area contributed by atoms with E-state index in [9.17, 15) is 4.79 Å². The van der Waals surface area contributed by atoms with Gasteiger partial charge in [0.25, 0.3) is 0 Å². The molecule has 0 fully saturated rings. The largest absolute Gasteiger partial charge is 0.491 e. The molecule has 2 aromatic rings. The van der Waals surface area contributed by atoms with Crippen molar-refractivity contribution in [1.82, 2.24) is 0 Å². The predicted octanol–water partition coefficient (Wildman–Crippen LogP) is 4.22. The first-order valence-corrected chi connectivity index (χ1v) is 7.61. The summed E-state index contributed by atoms with van der Waals surface area (Å²) in [6.07, 6.45) is 3.45. The number of carbonyl (C=O) groups is 1. The summed E-state index contributed by atoms with van der Waals surface area (Å²) in [5.41, 5.74) is 4.14.